The number of nitrogens with zero attached hydrogens (tertiary/aromatic N) is 1. The molecule has 0 aliphatic carbocycles. The molecule has 1 heterocycles. The van der Waals surface area contributed by atoms with Crippen LogP contribution < -0.4 is 0 Å². The maximum atomic E-state index is 12.9. The van der Waals surface area contributed by atoms with E-state index in [9.17, 15) is 18.4 Å². The molecule has 0 bridgehead atoms. The van der Waals surface area contributed by atoms with Gasteiger partial charge in [-0.1, -0.05) is 0 Å². The average Bonchev–Trinajstić information content (AvgIpc) is 2.17. The third-order valence-corrected chi connectivity index (χ3v) is 2.92. The van der Waals surface area contributed by atoms with E-state index in [4.69, 9.17) is 5.11 Å². The molecule has 1 saturated heterocycles. The first-order chi connectivity index (χ1) is 7.33. The molecular weight excluding hydrogens is 220 g/mol. The molecule has 1 aliphatic rings. The van der Waals surface area contributed by atoms with Crippen molar-refractivity contribution >= 4 is 11.9 Å². The second-order valence-corrected chi connectivity index (χ2v) is 4.16. The van der Waals surface area contributed by atoms with Gasteiger partial charge in [-0.05, 0) is 18.8 Å². The van der Waals surface area contributed by atoms with Gasteiger partial charge in [-0.3, -0.25) is 4.79 Å². The molecule has 4 nitrogen and oxygen atoms in total. The molecular formula is C10H15F2NO3. The summed E-state index contributed by atoms with van der Waals surface area (Å²) in [5, 5.41) is 8.30. The van der Waals surface area contributed by atoms with Gasteiger partial charge >= 0.3 is 11.9 Å². The molecule has 0 atom stereocenters. The molecule has 1 rings (SSSR count). The summed E-state index contributed by atoms with van der Waals surface area (Å²) in [4.78, 5) is 22.8. The topological polar surface area (TPSA) is 57.6 Å². The van der Waals surface area contributed by atoms with Crippen molar-refractivity contribution < 1.29 is 23.5 Å². The smallest absolute Gasteiger partial charge is 0.374 e. The molecule has 1 aliphatic heterocycles. The number of carboxylic acids is 1. The monoisotopic (exact) mass is 235 g/mol. The van der Waals surface area contributed by atoms with E-state index >= 15 is 0 Å². The van der Waals surface area contributed by atoms with Crippen molar-refractivity contribution in [2.24, 2.45) is 5.92 Å². The molecule has 0 spiro atoms. The number of aliphatic carboxylic acids is 1. The molecule has 0 saturated carbocycles. The molecule has 16 heavy (non-hydrogen) atoms. The van der Waals surface area contributed by atoms with Crippen molar-refractivity contribution in [3.05, 3.63) is 0 Å². The standard InChI is InChI=1S/C10H15F2NO3/c1-7(14)13-4-2-8(3-5-13)6-10(11,12)9(15)16/h8H,2-6H2,1H3,(H,15,16). The first kappa shape index (κ1) is 12.9. The number of hydrogen-bond donors (Lipinski definition) is 1. The maximum absolute atomic E-state index is 12.9. The number of amides is 1. The number of carbonyl (C=O) groups excluding carboxylic acids is 1. The summed E-state index contributed by atoms with van der Waals surface area (Å²) >= 11 is 0. The van der Waals surface area contributed by atoms with Crippen LogP contribution in [0.2, 0.25) is 0 Å². The Bertz CT molecular complexity index is 286. The summed E-state index contributed by atoms with van der Waals surface area (Å²) in [5.74, 6) is -6.10. The normalized spacial score (nSPS) is 18.6. The van der Waals surface area contributed by atoms with Gasteiger partial charge in [0.05, 0.1) is 0 Å². The van der Waals surface area contributed by atoms with Crippen LogP contribution in [-0.4, -0.2) is 40.9 Å². The van der Waals surface area contributed by atoms with Crippen molar-refractivity contribution in [1.29, 1.82) is 0 Å². The summed E-state index contributed by atoms with van der Waals surface area (Å²) in [5.41, 5.74) is 0. The highest BCUT2D eigenvalue weighted by atomic mass is 19.3. The Hall–Kier alpha value is -1.20. The zero-order chi connectivity index (χ0) is 12.3. The highest BCUT2D eigenvalue weighted by molar-refractivity contribution is 5.75. The second-order valence-electron chi connectivity index (χ2n) is 4.16. The van der Waals surface area contributed by atoms with E-state index in [0.29, 0.717) is 25.9 Å². The minimum Gasteiger partial charge on any atom is -0.477 e. The fourth-order valence-electron chi connectivity index (χ4n) is 1.90. The molecule has 0 unspecified atom stereocenters. The lowest BCUT2D eigenvalue weighted by Gasteiger charge is -2.32. The lowest BCUT2D eigenvalue weighted by Crippen LogP contribution is -2.39. The third-order valence-electron chi connectivity index (χ3n) is 2.92. The lowest BCUT2D eigenvalue weighted by atomic mass is 9.90. The fourth-order valence-corrected chi connectivity index (χ4v) is 1.90. The second kappa shape index (κ2) is 4.76. The minimum absolute atomic E-state index is 0.0663. The number of carbonyl (C=O) groups is 2. The van der Waals surface area contributed by atoms with Crippen LogP contribution in [0.5, 0.6) is 0 Å². The van der Waals surface area contributed by atoms with Gasteiger partial charge in [0.15, 0.2) is 0 Å². The van der Waals surface area contributed by atoms with Gasteiger partial charge in [0.25, 0.3) is 0 Å². The van der Waals surface area contributed by atoms with Crippen LogP contribution in [0.25, 0.3) is 0 Å². The molecule has 0 aromatic carbocycles. The van der Waals surface area contributed by atoms with Crippen LogP contribution >= 0.6 is 0 Å². The summed E-state index contributed by atoms with van der Waals surface area (Å²) in [6.07, 6.45) is 0.263. The molecule has 0 aromatic heterocycles. The average molecular weight is 235 g/mol. The van der Waals surface area contributed by atoms with Crippen molar-refractivity contribution in [2.45, 2.75) is 32.1 Å². The highest BCUT2D eigenvalue weighted by Crippen LogP contribution is 2.30. The van der Waals surface area contributed by atoms with Crippen LogP contribution in [0.15, 0.2) is 0 Å². The SMILES string of the molecule is CC(=O)N1CCC(CC(F)(F)C(=O)O)CC1. The zero-order valence-electron chi connectivity index (χ0n) is 9.08. The Kier molecular flexibility index (Phi) is 3.83. The van der Waals surface area contributed by atoms with Crippen LogP contribution in [-0.2, 0) is 9.59 Å². The molecule has 1 fully saturated rings. The maximum Gasteiger partial charge on any atom is 0.374 e. The Morgan fingerprint density at radius 1 is 1.38 bits per heavy atom. The van der Waals surface area contributed by atoms with Gasteiger partial charge in [0.2, 0.25) is 5.91 Å². The van der Waals surface area contributed by atoms with Crippen LogP contribution in [0, 0.1) is 5.92 Å². The number of likely N-dealkylation sites (tertiary alicyclic amines) is 1. The molecule has 92 valence electrons. The molecule has 1 amide bonds. The van der Waals surface area contributed by atoms with Crippen LogP contribution in [0.1, 0.15) is 26.2 Å². The van der Waals surface area contributed by atoms with Gasteiger partial charge in [0.1, 0.15) is 0 Å². The number of alkyl halides is 2. The van der Waals surface area contributed by atoms with Crippen molar-refractivity contribution in [2.75, 3.05) is 13.1 Å². The number of halogens is 2. The fraction of sp³-hybridized carbons (Fsp3) is 0.800. The predicted molar refractivity (Wildman–Crippen MR) is 52.2 cm³/mol. The number of hydrogen-bond acceptors (Lipinski definition) is 2. The van der Waals surface area contributed by atoms with E-state index in [1.165, 1.54) is 6.92 Å². The molecule has 0 radical (unpaired) electrons. The first-order valence-electron chi connectivity index (χ1n) is 5.19. The zero-order valence-corrected chi connectivity index (χ0v) is 9.08. The molecule has 0 aromatic rings. The quantitative estimate of drug-likeness (QED) is 0.803. The summed E-state index contributed by atoms with van der Waals surface area (Å²) in [6, 6.07) is 0. The predicted octanol–water partition coefficient (Wildman–Crippen LogP) is 1.35. The highest BCUT2D eigenvalue weighted by Gasteiger charge is 2.41. The van der Waals surface area contributed by atoms with E-state index < -0.39 is 18.3 Å². The van der Waals surface area contributed by atoms with E-state index in [2.05, 4.69) is 0 Å². The van der Waals surface area contributed by atoms with Gasteiger partial charge < -0.3 is 10.0 Å². The number of piperidine rings is 1. The minimum atomic E-state index is -3.65. The van der Waals surface area contributed by atoms with Crippen molar-refractivity contribution in [1.82, 2.24) is 4.90 Å². The Morgan fingerprint density at radius 2 is 1.88 bits per heavy atom. The van der Waals surface area contributed by atoms with Crippen LogP contribution in [0.4, 0.5) is 8.78 Å². The van der Waals surface area contributed by atoms with Crippen molar-refractivity contribution in [3.63, 3.8) is 0 Å². The molecule has 6 heteroatoms. The Labute approximate surface area is 92.2 Å². The van der Waals surface area contributed by atoms with E-state index in [-0.39, 0.29) is 11.8 Å². The van der Waals surface area contributed by atoms with Gasteiger partial charge in [0, 0.05) is 26.4 Å². The van der Waals surface area contributed by atoms with Crippen molar-refractivity contribution in [3.8, 4) is 0 Å². The van der Waals surface area contributed by atoms with Gasteiger partial charge in [-0.25, -0.2) is 4.79 Å². The summed E-state index contributed by atoms with van der Waals surface area (Å²) < 4.78 is 25.8. The Balaban J connectivity index is 2.43. The van der Waals surface area contributed by atoms with E-state index in [1.807, 2.05) is 0 Å². The lowest BCUT2D eigenvalue weighted by molar-refractivity contribution is -0.168. The van der Waals surface area contributed by atoms with Crippen LogP contribution in [0.3, 0.4) is 0 Å². The number of rotatable bonds is 3. The summed E-state index contributed by atoms with van der Waals surface area (Å²) in [7, 11) is 0. The largest absolute Gasteiger partial charge is 0.477 e. The Morgan fingerprint density at radius 3 is 2.25 bits per heavy atom. The third kappa shape index (κ3) is 3.15. The van der Waals surface area contributed by atoms with E-state index in [1.54, 1.807) is 4.90 Å². The van der Waals surface area contributed by atoms with Gasteiger partial charge in [-0.2, -0.15) is 8.78 Å². The number of carboxylic acid groups (broad SMARTS) is 1. The van der Waals surface area contributed by atoms with Gasteiger partial charge in [-0.15, -0.1) is 0 Å². The molecule has 1 N–H and O–H groups in total. The van der Waals surface area contributed by atoms with E-state index in [0.717, 1.165) is 0 Å². The summed E-state index contributed by atoms with van der Waals surface area (Å²) in [6.45, 7) is 2.32. The first-order valence-corrected chi connectivity index (χ1v) is 5.19.